The van der Waals surface area contributed by atoms with Crippen LogP contribution in [-0.4, -0.2) is 30.6 Å². The summed E-state index contributed by atoms with van der Waals surface area (Å²) in [6, 6.07) is 6.89. The van der Waals surface area contributed by atoms with Crippen LogP contribution in [0.25, 0.3) is 0 Å². The minimum Gasteiger partial charge on any atom is -0.361 e. The van der Waals surface area contributed by atoms with E-state index >= 15 is 0 Å². The highest BCUT2D eigenvalue weighted by Crippen LogP contribution is 2.15. The Labute approximate surface area is 128 Å². The fourth-order valence-electron chi connectivity index (χ4n) is 1.81. The van der Waals surface area contributed by atoms with E-state index in [1.54, 1.807) is 38.2 Å². The summed E-state index contributed by atoms with van der Waals surface area (Å²) in [6.07, 6.45) is 1.78. The first kappa shape index (κ1) is 15.7. The van der Waals surface area contributed by atoms with Crippen molar-refractivity contribution in [3.8, 4) is 0 Å². The molecule has 0 atom stereocenters. The monoisotopic (exact) mass is 302 g/mol. The van der Waals surface area contributed by atoms with Gasteiger partial charge in [-0.15, -0.1) is 0 Å². The van der Waals surface area contributed by atoms with Crippen molar-refractivity contribution < 1.29 is 14.1 Å². The fourth-order valence-corrected chi connectivity index (χ4v) is 1.81. The largest absolute Gasteiger partial charge is 0.361 e. The molecule has 0 aliphatic rings. The van der Waals surface area contributed by atoms with Gasteiger partial charge in [-0.3, -0.25) is 9.59 Å². The molecular formula is C15H18N4O3. The average Bonchev–Trinajstić information content (AvgIpc) is 2.93. The van der Waals surface area contributed by atoms with Crippen molar-refractivity contribution in [3.63, 3.8) is 0 Å². The maximum absolute atomic E-state index is 12.0. The number of nitrogens with one attached hydrogen (secondary N) is 3. The zero-order chi connectivity index (χ0) is 15.9. The molecule has 0 saturated carbocycles. The maximum atomic E-state index is 12.0. The molecule has 7 heteroatoms. The molecule has 7 nitrogen and oxygen atoms in total. The van der Waals surface area contributed by atoms with Gasteiger partial charge in [0.1, 0.15) is 11.3 Å². The fraction of sp³-hybridized carbons (Fsp3) is 0.267. The number of hydrogen-bond acceptors (Lipinski definition) is 5. The Morgan fingerprint density at radius 1 is 1.14 bits per heavy atom. The third-order valence-corrected chi connectivity index (χ3v) is 3.02. The highest BCUT2D eigenvalue weighted by Gasteiger charge is 2.12. The normalized spacial score (nSPS) is 10.3. The number of amides is 2. The van der Waals surface area contributed by atoms with Crippen molar-refractivity contribution in [2.75, 3.05) is 24.2 Å². The van der Waals surface area contributed by atoms with E-state index in [4.69, 9.17) is 4.52 Å². The van der Waals surface area contributed by atoms with Crippen LogP contribution in [0.2, 0.25) is 0 Å². The number of benzene rings is 1. The molecule has 2 amide bonds. The molecule has 0 radical (unpaired) electrons. The molecule has 1 aromatic carbocycles. The number of nitrogens with zero attached hydrogens (tertiary/aromatic N) is 1. The molecular weight excluding hydrogens is 284 g/mol. The van der Waals surface area contributed by atoms with E-state index in [0.717, 1.165) is 0 Å². The van der Waals surface area contributed by atoms with Crippen molar-refractivity contribution >= 4 is 23.2 Å². The summed E-state index contributed by atoms with van der Waals surface area (Å²) < 4.78 is 4.85. The van der Waals surface area contributed by atoms with Crippen LogP contribution in [0.3, 0.4) is 0 Å². The molecule has 2 rings (SSSR count). The number of rotatable bonds is 6. The van der Waals surface area contributed by atoms with Gasteiger partial charge in [0.15, 0.2) is 0 Å². The van der Waals surface area contributed by atoms with Crippen LogP contribution < -0.4 is 16.0 Å². The van der Waals surface area contributed by atoms with Gasteiger partial charge in [0.05, 0.1) is 6.20 Å². The van der Waals surface area contributed by atoms with Crippen LogP contribution in [0.1, 0.15) is 22.5 Å². The number of carbonyl (C=O) groups is 2. The molecule has 0 unspecified atom stereocenters. The molecule has 116 valence electrons. The third-order valence-electron chi connectivity index (χ3n) is 3.02. The summed E-state index contributed by atoms with van der Waals surface area (Å²) in [6.45, 7) is 2.30. The first-order valence-corrected chi connectivity index (χ1v) is 6.87. The second-order valence-electron chi connectivity index (χ2n) is 4.73. The van der Waals surface area contributed by atoms with Crippen molar-refractivity contribution in [3.05, 3.63) is 41.8 Å². The SMILES string of the molecule is CNCCC(=O)Nc1ccc(NC(=O)c2cnoc2C)cc1. The van der Waals surface area contributed by atoms with Crippen LogP contribution in [0.4, 0.5) is 11.4 Å². The van der Waals surface area contributed by atoms with Crippen LogP contribution in [0, 0.1) is 6.92 Å². The second kappa shape index (κ2) is 7.37. The van der Waals surface area contributed by atoms with Crippen LogP contribution >= 0.6 is 0 Å². The Balaban J connectivity index is 1.93. The van der Waals surface area contributed by atoms with E-state index in [9.17, 15) is 9.59 Å². The molecule has 22 heavy (non-hydrogen) atoms. The molecule has 0 aliphatic heterocycles. The zero-order valence-corrected chi connectivity index (χ0v) is 12.5. The van der Waals surface area contributed by atoms with E-state index in [1.165, 1.54) is 6.20 Å². The van der Waals surface area contributed by atoms with E-state index in [-0.39, 0.29) is 11.8 Å². The third kappa shape index (κ3) is 4.16. The van der Waals surface area contributed by atoms with Crippen LogP contribution in [-0.2, 0) is 4.79 Å². The Hall–Kier alpha value is -2.67. The van der Waals surface area contributed by atoms with E-state index in [0.29, 0.717) is 35.7 Å². The summed E-state index contributed by atoms with van der Waals surface area (Å²) in [5.74, 6) is 0.113. The summed E-state index contributed by atoms with van der Waals surface area (Å²) in [7, 11) is 1.79. The van der Waals surface area contributed by atoms with E-state index in [1.807, 2.05) is 0 Å². The van der Waals surface area contributed by atoms with Crippen molar-refractivity contribution in [1.29, 1.82) is 0 Å². The number of carbonyl (C=O) groups excluding carboxylic acids is 2. The molecule has 2 aromatic rings. The van der Waals surface area contributed by atoms with Crippen molar-refractivity contribution in [2.45, 2.75) is 13.3 Å². The van der Waals surface area contributed by atoms with Crippen LogP contribution in [0.15, 0.2) is 35.0 Å². The Morgan fingerprint density at radius 2 is 1.77 bits per heavy atom. The van der Waals surface area contributed by atoms with E-state index in [2.05, 4.69) is 21.1 Å². The van der Waals surface area contributed by atoms with Gasteiger partial charge in [0, 0.05) is 24.3 Å². The number of aromatic nitrogens is 1. The Kier molecular flexibility index (Phi) is 5.26. The number of aryl methyl sites for hydroxylation is 1. The minimum absolute atomic E-state index is 0.0637. The van der Waals surface area contributed by atoms with Gasteiger partial charge in [-0.05, 0) is 38.2 Å². The first-order valence-electron chi connectivity index (χ1n) is 6.87. The summed E-state index contributed by atoms with van der Waals surface area (Å²) in [5, 5.41) is 12.0. The molecule has 0 bridgehead atoms. The van der Waals surface area contributed by atoms with Crippen molar-refractivity contribution in [2.24, 2.45) is 0 Å². The van der Waals surface area contributed by atoms with Gasteiger partial charge < -0.3 is 20.5 Å². The molecule has 1 heterocycles. The molecule has 0 aliphatic carbocycles. The van der Waals surface area contributed by atoms with Gasteiger partial charge in [-0.25, -0.2) is 0 Å². The van der Waals surface area contributed by atoms with Gasteiger partial charge in [-0.1, -0.05) is 5.16 Å². The summed E-state index contributed by atoms with van der Waals surface area (Å²) in [5.41, 5.74) is 1.70. The number of hydrogen-bond donors (Lipinski definition) is 3. The molecule has 0 saturated heterocycles. The topological polar surface area (TPSA) is 96.3 Å². The first-order chi connectivity index (χ1) is 10.6. The summed E-state index contributed by atoms with van der Waals surface area (Å²) >= 11 is 0. The predicted molar refractivity (Wildman–Crippen MR) is 82.8 cm³/mol. The Bertz CT molecular complexity index is 649. The lowest BCUT2D eigenvalue weighted by molar-refractivity contribution is -0.116. The quantitative estimate of drug-likeness (QED) is 0.756. The van der Waals surface area contributed by atoms with E-state index < -0.39 is 0 Å². The van der Waals surface area contributed by atoms with Gasteiger partial charge >= 0.3 is 0 Å². The number of anilines is 2. The lowest BCUT2D eigenvalue weighted by Gasteiger charge is -2.07. The lowest BCUT2D eigenvalue weighted by Crippen LogP contribution is -2.18. The van der Waals surface area contributed by atoms with Gasteiger partial charge in [0.2, 0.25) is 5.91 Å². The summed E-state index contributed by atoms with van der Waals surface area (Å²) in [4.78, 5) is 23.6. The molecule has 0 spiro atoms. The minimum atomic E-state index is -0.287. The average molecular weight is 302 g/mol. The molecule has 1 aromatic heterocycles. The van der Waals surface area contributed by atoms with Crippen molar-refractivity contribution in [1.82, 2.24) is 10.5 Å². The highest BCUT2D eigenvalue weighted by atomic mass is 16.5. The Morgan fingerprint density at radius 3 is 2.32 bits per heavy atom. The standard InChI is InChI=1S/C15H18N4O3/c1-10-13(9-17-22-10)15(21)19-12-5-3-11(4-6-12)18-14(20)7-8-16-2/h3-6,9,16H,7-8H2,1-2H3,(H,18,20)(H,19,21). The predicted octanol–water partition coefficient (Wildman–Crippen LogP) is 1.78. The maximum Gasteiger partial charge on any atom is 0.260 e. The molecule has 0 fully saturated rings. The lowest BCUT2D eigenvalue weighted by atomic mass is 10.2. The molecule has 3 N–H and O–H groups in total. The van der Waals surface area contributed by atoms with Gasteiger partial charge in [-0.2, -0.15) is 0 Å². The second-order valence-corrected chi connectivity index (χ2v) is 4.73. The smallest absolute Gasteiger partial charge is 0.260 e. The van der Waals surface area contributed by atoms with Gasteiger partial charge in [0.25, 0.3) is 5.91 Å². The van der Waals surface area contributed by atoms with Crippen LogP contribution in [0.5, 0.6) is 0 Å². The highest BCUT2D eigenvalue weighted by molar-refractivity contribution is 6.04. The zero-order valence-electron chi connectivity index (χ0n) is 12.5.